The Balaban J connectivity index is 1.66. The molecule has 2 aromatic carbocycles. The maximum atomic E-state index is 13.1. The number of carbonyl (C=O) groups is 1. The molecule has 0 saturated carbocycles. The average Bonchev–Trinajstić information content (AvgIpc) is 2.70. The second-order valence-corrected chi connectivity index (χ2v) is 6.63. The highest BCUT2D eigenvalue weighted by Gasteiger charge is 2.18. The lowest BCUT2D eigenvalue weighted by Gasteiger charge is -2.15. The maximum absolute atomic E-state index is 13.1. The van der Waals surface area contributed by atoms with Crippen LogP contribution in [0.25, 0.3) is 10.9 Å². The number of aromatic amines is 1. The summed E-state index contributed by atoms with van der Waals surface area (Å²) in [4.78, 5) is 27.7. The molecule has 1 unspecified atom stereocenters. The Labute approximate surface area is 162 Å². The number of halogens is 1. The van der Waals surface area contributed by atoms with Gasteiger partial charge in [0.2, 0.25) is 5.91 Å². The fourth-order valence-corrected chi connectivity index (χ4v) is 3.25. The summed E-state index contributed by atoms with van der Waals surface area (Å²) < 4.78 is 18.3. The molecule has 0 bridgehead atoms. The van der Waals surface area contributed by atoms with Crippen LogP contribution in [-0.2, 0) is 11.2 Å². The van der Waals surface area contributed by atoms with E-state index in [1.165, 1.54) is 12.1 Å². The SMILES string of the molecule is CCC(C(=O)NCCc1cc2ccc(OC)cc2[nH]c1=O)c1ccc(F)cc1. The molecule has 0 saturated heterocycles. The summed E-state index contributed by atoms with van der Waals surface area (Å²) in [5.74, 6) is -0.124. The highest BCUT2D eigenvalue weighted by Crippen LogP contribution is 2.20. The summed E-state index contributed by atoms with van der Waals surface area (Å²) in [6, 6.07) is 13.3. The predicted molar refractivity (Wildman–Crippen MR) is 107 cm³/mol. The monoisotopic (exact) mass is 382 g/mol. The number of nitrogens with one attached hydrogen (secondary N) is 2. The van der Waals surface area contributed by atoms with Crippen LogP contribution in [0.2, 0.25) is 0 Å². The van der Waals surface area contributed by atoms with Crippen LogP contribution < -0.4 is 15.6 Å². The van der Waals surface area contributed by atoms with Gasteiger partial charge in [0.25, 0.3) is 5.56 Å². The van der Waals surface area contributed by atoms with Gasteiger partial charge in [0.1, 0.15) is 11.6 Å². The van der Waals surface area contributed by atoms with Crippen LogP contribution in [0.15, 0.2) is 53.3 Å². The minimum absolute atomic E-state index is 0.129. The molecule has 0 fully saturated rings. The van der Waals surface area contributed by atoms with E-state index in [4.69, 9.17) is 4.74 Å². The molecule has 0 aliphatic rings. The second kappa shape index (κ2) is 8.69. The van der Waals surface area contributed by atoms with Crippen molar-refractivity contribution < 1.29 is 13.9 Å². The topological polar surface area (TPSA) is 71.2 Å². The Bertz CT molecular complexity index is 1030. The summed E-state index contributed by atoms with van der Waals surface area (Å²) in [6.45, 7) is 2.26. The van der Waals surface area contributed by atoms with Crippen LogP contribution in [0.5, 0.6) is 5.75 Å². The zero-order valence-electron chi connectivity index (χ0n) is 15.9. The van der Waals surface area contributed by atoms with Crippen LogP contribution in [0, 0.1) is 5.82 Å². The normalized spacial score (nSPS) is 12.0. The molecule has 1 aromatic heterocycles. The molecule has 146 valence electrons. The lowest BCUT2D eigenvalue weighted by molar-refractivity contribution is -0.122. The molecule has 2 N–H and O–H groups in total. The zero-order chi connectivity index (χ0) is 20.1. The molecular formula is C22H23FN2O3. The zero-order valence-corrected chi connectivity index (χ0v) is 15.9. The second-order valence-electron chi connectivity index (χ2n) is 6.63. The number of hydrogen-bond acceptors (Lipinski definition) is 3. The van der Waals surface area contributed by atoms with Gasteiger partial charge < -0.3 is 15.0 Å². The number of ether oxygens (including phenoxy) is 1. The Hall–Kier alpha value is -3.15. The van der Waals surface area contributed by atoms with Gasteiger partial charge in [-0.3, -0.25) is 9.59 Å². The largest absolute Gasteiger partial charge is 0.497 e. The number of benzene rings is 2. The van der Waals surface area contributed by atoms with E-state index in [0.29, 0.717) is 36.2 Å². The Morgan fingerprint density at radius 1 is 1.18 bits per heavy atom. The molecule has 0 spiro atoms. The number of carbonyl (C=O) groups excluding carboxylic acids is 1. The minimum Gasteiger partial charge on any atom is -0.497 e. The van der Waals surface area contributed by atoms with Crippen molar-refractivity contribution in [3.05, 3.63) is 75.8 Å². The Morgan fingerprint density at radius 3 is 2.61 bits per heavy atom. The van der Waals surface area contributed by atoms with Crippen molar-refractivity contribution in [3.8, 4) is 5.75 Å². The number of rotatable bonds is 7. The number of amides is 1. The molecule has 6 heteroatoms. The summed E-state index contributed by atoms with van der Waals surface area (Å²) in [5, 5.41) is 3.79. The smallest absolute Gasteiger partial charge is 0.251 e. The Morgan fingerprint density at radius 2 is 1.93 bits per heavy atom. The number of aromatic nitrogens is 1. The van der Waals surface area contributed by atoms with Gasteiger partial charge in [0, 0.05) is 18.2 Å². The highest BCUT2D eigenvalue weighted by atomic mass is 19.1. The van der Waals surface area contributed by atoms with Crippen LogP contribution >= 0.6 is 0 Å². The van der Waals surface area contributed by atoms with Gasteiger partial charge in [-0.25, -0.2) is 4.39 Å². The van der Waals surface area contributed by atoms with Gasteiger partial charge in [0.15, 0.2) is 0 Å². The van der Waals surface area contributed by atoms with Gasteiger partial charge in [0.05, 0.1) is 18.5 Å². The fraction of sp³-hybridized carbons (Fsp3) is 0.273. The molecule has 28 heavy (non-hydrogen) atoms. The average molecular weight is 382 g/mol. The quantitative estimate of drug-likeness (QED) is 0.657. The van der Waals surface area contributed by atoms with Gasteiger partial charge in [-0.15, -0.1) is 0 Å². The first-order chi connectivity index (χ1) is 13.5. The third kappa shape index (κ3) is 4.39. The first-order valence-corrected chi connectivity index (χ1v) is 9.25. The maximum Gasteiger partial charge on any atom is 0.251 e. The third-order valence-electron chi connectivity index (χ3n) is 4.82. The number of methoxy groups -OCH3 is 1. The standard InChI is InChI=1S/C22H23FN2O3/c1-3-19(14-4-7-17(23)8-5-14)22(27)24-11-10-16-12-15-6-9-18(28-2)13-20(15)25-21(16)26/h4-9,12-13,19H,3,10-11H2,1-2H3,(H,24,27)(H,25,26). The van der Waals surface area contributed by atoms with Crippen LogP contribution in [-0.4, -0.2) is 24.5 Å². The van der Waals surface area contributed by atoms with E-state index in [9.17, 15) is 14.0 Å². The molecule has 0 aliphatic heterocycles. The van der Waals surface area contributed by atoms with Crippen molar-refractivity contribution >= 4 is 16.8 Å². The van der Waals surface area contributed by atoms with Gasteiger partial charge in [-0.1, -0.05) is 19.1 Å². The molecule has 1 amide bonds. The molecule has 1 atom stereocenters. The first-order valence-electron chi connectivity index (χ1n) is 9.25. The van der Waals surface area contributed by atoms with Crippen LogP contribution in [0.4, 0.5) is 4.39 Å². The molecule has 3 rings (SSSR count). The summed E-state index contributed by atoms with van der Waals surface area (Å²) >= 11 is 0. The van der Waals surface area contributed by atoms with E-state index in [1.54, 1.807) is 25.3 Å². The van der Waals surface area contributed by atoms with Crippen LogP contribution in [0.1, 0.15) is 30.4 Å². The van der Waals surface area contributed by atoms with Crippen molar-refractivity contribution in [2.24, 2.45) is 0 Å². The molecular weight excluding hydrogens is 359 g/mol. The summed E-state index contributed by atoms with van der Waals surface area (Å²) in [6.07, 6.45) is 1.03. The van der Waals surface area contributed by atoms with E-state index in [2.05, 4.69) is 10.3 Å². The van der Waals surface area contributed by atoms with Gasteiger partial charge >= 0.3 is 0 Å². The lowest BCUT2D eigenvalue weighted by atomic mass is 9.95. The number of fused-ring (bicyclic) bond motifs is 1. The van der Waals surface area contributed by atoms with Crippen LogP contribution in [0.3, 0.4) is 0 Å². The van der Waals surface area contributed by atoms with E-state index < -0.39 is 0 Å². The lowest BCUT2D eigenvalue weighted by Crippen LogP contribution is -2.31. The Kier molecular flexibility index (Phi) is 6.09. The highest BCUT2D eigenvalue weighted by molar-refractivity contribution is 5.83. The van der Waals surface area contributed by atoms with Crippen molar-refractivity contribution in [1.29, 1.82) is 0 Å². The van der Waals surface area contributed by atoms with Crippen molar-refractivity contribution in [2.75, 3.05) is 13.7 Å². The van der Waals surface area contributed by atoms with Crippen molar-refractivity contribution in [3.63, 3.8) is 0 Å². The predicted octanol–water partition coefficient (Wildman–Crippen LogP) is 3.53. The van der Waals surface area contributed by atoms with E-state index in [-0.39, 0.29) is 23.2 Å². The van der Waals surface area contributed by atoms with Gasteiger partial charge in [-0.2, -0.15) is 0 Å². The molecule has 1 heterocycles. The molecule has 0 radical (unpaired) electrons. The first kappa shape index (κ1) is 19.6. The third-order valence-corrected chi connectivity index (χ3v) is 4.82. The van der Waals surface area contributed by atoms with Crippen molar-refractivity contribution in [1.82, 2.24) is 10.3 Å². The summed E-state index contributed by atoms with van der Waals surface area (Å²) in [5.41, 5.74) is 1.91. The summed E-state index contributed by atoms with van der Waals surface area (Å²) in [7, 11) is 1.58. The van der Waals surface area contributed by atoms with Crippen molar-refractivity contribution in [2.45, 2.75) is 25.7 Å². The number of pyridine rings is 1. The molecule has 3 aromatic rings. The number of hydrogen-bond donors (Lipinski definition) is 2. The van der Waals surface area contributed by atoms with Gasteiger partial charge in [-0.05, 0) is 54.1 Å². The number of H-pyrrole nitrogens is 1. The molecule has 0 aliphatic carbocycles. The van der Waals surface area contributed by atoms with E-state index in [0.717, 1.165) is 10.9 Å². The van der Waals surface area contributed by atoms with E-state index in [1.807, 2.05) is 25.1 Å². The minimum atomic E-state index is -0.344. The molecule has 5 nitrogen and oxygen atoms in total. The fourth-order valence-electron chi connectivity index (χ4n) is 3.25. The van der Waals surface area contributed by atoms with E-state index >= 15 is 0 Å².